The van der Waals surface area contributed by atoms with Gasteiger partial charge in [-0.1, -0.05) is 18.2 Å². The second-order valence-electron chi connectivity index (χ2n) is 4.17. The van der Waals surface area contributed by atoms with Crippen LogP contribution in [0.2, 0.25) is 0 Å². The van der Waals surface area contributed by atoms with Crippen molar-refractivity contribution in [1.82, 2.24) is 9.80 Å². The lowest BCUT2D eigenvalue weighted by molar-refractivity contribution is 0.159. The van der Waals surface area contributed by atoms with Crippen molar-refractivity contribution in [2.45, 2.75) is 6.54 Å². The molecule has 5 nitrogen and oxygen atoms in total. The molecule has 1 amide bonds. The van der Waals surface area contributed by atoms with Crippen LogP contribution in [0, 0.1) is 0 Å². The van der Waals surface area contributed by atoms with Gasteiger partial charge in [-0.15, -0.1) is 0 Å². The van der Waals surface area contributed by atoms with Crippen molar-refractivity contribution in [1.29, 1.82) is 0 Å². The fraction of sp³-hybridized carbons (Fsp3) is 0.154. The SMILES string of the molecule is O=C(O)N1C=CN2Cc3ccccc3OC=C2C1. The summed E-state index contributed by atoms with van der Waals surface area (Å²) in [7, 11) is 0. The molecule has 1 aromatic carbocycles. The molecule has 0 spiro atoms. The molecule has 0 aliphatic carbocycles. The molecule has 0 saturated heterocycles. The molecule has 0 aromatic heterocycles. The van der Waals surface area contributed by atoms with Crippen LogP contribution in [0.4, 0.5) is 4.79 Å². The second kappa shape index (κ2) is 4.10. The highest BCUT2D eigenvalue weighted by Gasteiger charge is 2.23. The van der Waals surface area contributed by atoms with Gasteiger partial charge in [0.25, 0.3) is 0 Å². The van der Waals surface area contributed by atoms with Crippen molar-refractivity contribution in [3.63, 3.8) is 0 Å². The highest BCUT2D eigenvalue weighted by Crippen LogP contribution is 2.27. The maximum Gasteiger partial charge on any atom is 0.411 e. The molecule has 2 aliphatic rings. The maximum atomic E-state index is 10.9. The summed E-state index contributed by atoms with van der Waals surface area (Å²) in [6.45, 7) is 0.992. The molecule has 0 atom stereocenters. The number of carboxylic acid groups (broad SMARTS) is 1. The first-order chi connectivity index (χ1) is 8.74. The summed E-state index contributed by atoms with van der Waals surface area (Å²) in [6, 6.07) is 7.79. The van der Waals surface area contributed by atoms with E-state index in [-0.39, 0.29) is 0 Å². The summed E-state index contributed by atoms with van der Waals surface area (Å²) in [5.41, 5.74) is 1.91. The third-order valence-electron chi connectivity index (χ3n) is 3.01. The Morgan fingerprint density at radius 2 is 2.06 bits per heavy atom. The van der Waals surface area contributed by atoms with E-state index < -0.39 is 6.09 Å². The number of hydrogen-bond acceptors (Lipinski definition) is 3. The van der Waals surface area contributed by atoms with Crippen LogP contribution in [-0.2, 0) is 6.54 Å². The molecule has 2 aliphatic heterocycles. The molecule has 1 aromatic rings. The van der Waals surface area contributed by atoms with Crippen LogP contribution >= 0.6 is 0 Å². The van der Waals surface area contributed by atoms with E-state index in [9.17, 15) is 4.79 Å². The first kappa shape index (κ1) is 10.7. The van der Waals surface area contributed by atoms with E-state index in [2.05, 4.69) is 0 Å². The van der Waals surface area contributed by atoms with Crippen molar-refractivity contribution in [2.75, 3.05) is 6.54 Å². The fourth-order valence-electron chi connectivity index (χ4n) is 2.03. The van der Waals surface area contributed by atoms with E-state index in [0.717, 1.165) is 17.0 Å². The summed E-state index contributed by atoms with van der Waals surface area (Å²) in [5.74, 6) is 0.815. The van der Waals surface area contributed by atoms with E-state index >= 15 is 0 Å². The minimum atomic E-state index is -0.964. The first-order valence-corrected chi connectivity index (χ1v) is 5.62. The van der Waals surface area contributed by atoms with E-state index in [1.807, 2.05) is 29.2 Å². The zero-order chi connectivity index (χ0) is 12.5. The first-order valence-electron chi connectivity index (χ1n) is 5.62. The number of rotatable bonds is 0. The zero-order valence-electron chi connectivity index (χ0n) is 9.61. The van der Waals surface area contributed by atoms with E-state index in [0.29, 0.717) is 13.1 Å². The molecule has 0 unspecified atom stereocenters. The molecule has 0 radical (unpaired) electrons. The van der Waals surface area contributed by atoms with Gasteiger partial charge < -0.3 is 14.7 Å². The summed E-state index contributed by atoms with van der Waals surface area (Å²) in [6.07, 6.45) is 3.97. The monoisotopic (exact) mass is 244 g/mol. The molecular formula is C13H12N2O3. The van der Waals surface area contributed by atoms with Gasteiger partial charge in [-0.3, -0.25) is 4.90 Å². The number of para-hydroxylation sites is 1. The average Bonchev–Trinajstić information content (AvgIpc) is 2.56. The van der Waals surface area contributed by atoms with Crippen LogP contribution in [-0.4, -0.2) is 27.5 Å². The molecule has 92 valence electrons. The van der Waals surface area contributed by atoms with Crippen LogP contribution in [0.1, 0.15) is 5.56 Å². The molecule has 5 heteroatoms. The minimum absolute atomic E-state index is 0.305. The van der Waals surface area contributed by atoms with Gasteiger partial charge >= 0.3 is 6.09 Å². The largest absolute Gasteiger partial charge is 0.465 e. The van der Waals surface area contributed by atoms with E-state index in [1.54, 1.807) is 18.7 Å². The average molecular weight is 244 g/mol. The lowest BCUT2D eigenvalue weighted by Crippen LogP contribution is -2.35. The summed E-state index contributed by atoms with van der Waals surface area (Å²) < 4.78 is 5.59. The number of carbonyl (C=O) groups is 1. The zero-order valence-corrected chi connectivity index (χ0v) is 9.61. The van der Waals surface area contributed by atoms with Gasteiger partial charge in [-0.2, -0.15) is 0 Å². The number of nitrogens with zero attached hydrogens (tertiary/aromatic N) is 2. The van der Waals surface area contributed by atoms with Crippen LogP contribution < -0.4 is 4.74 Å². The predicted molar refractivity (Wildman–Crippen MR) is 64.6 cm³/mol. The fourth-order valence-corrected chi connectivity index (χ4v) is 2.03. The normalized spacial score (nSPS) is 17.2. The van der Waals surface area contributed by atoms with Crippen molar-refractivity contribution >= 4 is 6.09 Å². The predicted octanol–water partition coefficient (Wildman–Crippen LogP) is 2.19. The van der Waals surface area contributed by atoms with Gasteiger partial charge in [0.15, 0.2) is 0 Å². The lowest BCUT2D eigenvalue weighted by atomic mass is 10.2. The summed E-state index contributed by atoms with van der Waals surface area (Å²) in [4.78, 5) is 14.1. The van der Waals surface area contributed by atoms with Crippen LogP contribution in [0.5, 0.6) is 5.75 Å². The van der Waals surface area contributed by atoms with Gasteiger partial charge in [0.2, 0.25) is 0 Å². The molecule has 18 heavy (non-hydrogen) atoms. The number of ether oxygens (including phenoxy) is 1. The van der Waals surface area contributed by atoms with Crippen LogP contribution in [0.25, 0.3) is 0 Å². The van der Waals surface area contributed by atoms with Crippen LogP contribution in [0.15, 0.2) is 48.6 Å². The van der Waals surface area contributed by atoms with Crippen molar-refractivity contribution < 1.29 is 14.6 Å². The highest BCUT2D eigenvalue weighted by molar-refractivity contribution is 5.67. The van der Waals surface area contributed by atoms with Gasteiger partial charge in [0.05, 0.1) is 18.8 Å². The minimum Gasteiger partial charge on any atom is -0.465 e. The number of fused-ring (bicyclic) bond motifs is 2. The Balaban J connectivity index is 1.92. The smallest absolute Gasteiger partial charge is 0.411 e. The Morgan fingerprint density at radius 3 is 2.89 bits per heavy atom. The standard InChI is InChI=1S/C13H12N2O3/c16-13(17)15-6-5-14-7-10-3-1-2-4-12(10)18-9-11(14)8-15/h1-6,9H,7-8H2,(H,16,17). The number of amides is 1. The topological polar surface area (TPSA) is 53.0 Å². The Morgan fingerprint density at radius 1 is 1.22 bits per heavy atom. The van der Waals surface area contributed by atoms with Crippen LogP contribution in [0.3, 0.4) is 0 Å². The van der Waals surface area contributed by atoms with Gasteiger partial charge in [0, 0.05) is 18.0 Å². The summed E-state index contributed by atoms with van der Waals surface area (Å²) >= 11 is 0. The van der Waals surface area contributed by atoms with Gasteiger partial charge in [-0.05, 0) is 6.07 Å². The third-order valence-corrected chi connectivity index (χ3v) is 3.01. The van der Waals surface area contributed by atoms with E-state index in [4.69, 9.17) is 9.84 Å². The second-order valence-corrected chi connectivity index (χ2v) is 4.17. The molecule has 2 heterocycles. The van der Waals surface area contributed by atoms with Crippen molar-refractivity contribution in [3.05, 3.63) is 54.2 Å². The number of hydrogen-bond donors (Lipinski definition) is 1. The molecule has 0 saturated carbocycles. The Labute approximate surface area is 104 Å². The Bertz CT molecular complexity index is 551. The van der Waals surface area contributed by atoms with Crippen molar-refractivity contribution in [3.8, 4) is 5.75 Å². The molecule has 1 N–H and O–H groups in total. The van der Waals surface area contributed by atoms with E-state index in [1.165, 1.54) is 4.90 Å². The molecule has 0 bridgehead atoms. The molecule has 3 rings (SSSR count). The summed E-state index contributed by atoms with van der Waals surface area (Å²) in [5, 5.41) is 8.96. The number of benzene rings is 1. The quantitative estimate of drug-likeness (QED) is 0.760. The van der Waals surface area contributed by atoms with Gasteiger partial charge in [-0.25, -0.2) is 4.79 Å². The highest BCUT2D eigenvalue weighted by atomic mass is 16.5. The Kier molecular flexibility index (Phi) is 2.44. The lowest BCUT2D eigenvalue weighted by Gasteiger charge is -2.29. The Hall–Kier alpha value is -2.43. The molecule has 0 fully saturated rings. The molecular weight excluding hydrogens is 232 g/mol. The van der Waals surface area contributed by atoms with Crippen molar-refractivity contribution in [2.24, 2.45) is 0 Å². The maximum absolute atomic E-state index is 10.9. The van der Waals surface area contributed by atoms with Gasteiger partial charge in [0.1, 0.15) is 12.0 Å². The third kappa shape index (κ3) is 1.79.